The summed E-state index contributed by atoms with van der Waals surface area (Å²) in [5, 5.41) is 0.620. The van der Waals surface area contributed by atoms with Crippen molar-refractivity contribution in [3.63, 3.8) is 0 Å². The first kappa shape index (κ1) is 21.0. The molecule has 0 bridgehead atoms. The van der Waals surface area contributed by atoms with Crippen molar-refractivity contribution in [1.29, 1.82) is 0 Å². The lowest BCUT2D eigenvalue weighted by Crippen LogP contribution is -2.44. The Kier molecular flexibility index (Phi) is 6.07. The lowest BCUT2D eigenvalue weighted by atomic mass is 10.1. The Hall–Kier alpha value is -4.26. The van der Waals surface area contributed by atoms with Gasteiger partial charge in [-0.05, 0) is 36.8 Å². The van der Waals surface area contributed by atoms with Gasteiger partial charge in [-0.25, -0.2) is 4.39 Å². The average molecular weight is 429 g/mol. The summed E-state index contributed by atoms with van der Waals surface area (Å²) in [6, 6.07) is 22.8. The number of nitrogens with one attached hydrogen (secondary N) is 2. The number of aryl methyl sites for hydroxylation is 1. The highest BCUT2D eigenvalue weighted by molar-refractivity contribution is 5.99. The van der Waals surface area contributed by atoms with Crippen LogP contribution in [0.2, 0.25) is 0 Å². The molecule has 2 amide bonds. The molecule has 0 aliphatic rings. The average Bonchev–Trinajstić information content (AvgIpc) is 2.81. The van der Waals surface area contributed by atoms with Crippen molar-refractivity contribution >= 4 is 22.7 Å². The number of hydrogen-bond acceptors (Lipinski definition) is 4. The van der Waals surface area contributed by atoms with Crippen LogP contribution in [-0.4, -0.2) is 23.4 Å². The smallest absolute Gasteiger partial charge is 0.276 e. The van der Waals surface area contributed by atoms with E-state index in [9.17, 15) is 14.0 Å². The van der Waals surface area contributed by atoms with Gasteiger partial charge in [-0.1, -0.05) is 48.5 Å². The van der Waals surface area contributed by atoms with Gasteiger partial charge in [-0.2, -0.15) is 0 Å². The zero-order chi connectivity index (χ0) is 22.5. The first-order chi connectivity index (χ1) is 15.5. The maximum atomic E-state index is 13.4. The fourth-order valence-electron chi connectivity index (χ4n) is 3.29. The molecule has 0 unspecified atom stereocenters. The number of hydrogen-bond donors (Lipinski definition) is 2. The Morgan fingerprint density at radius 2 is 1.69 bits per heavy atom. The second-order valence-corrected chi connectivity index (χ2v) is 7.11. The standard InChI is InChI=1S/C25H20FN3O3/c1-16-21(13-18-11-12-19(26)14-22(18)27-16)25(31)29-28-24(30)15-32-23-10-6-5-9-20(23)17-7-3-2-4-8-17/h2-14H,15H2,1H3,(H,28,30)(H,29,31). The summed E-state index contributed by atoms with van der Waals surface area (Å²) in [6.45, 7) is 1.36. The maximum Gasteiger partial charge on any atom is 0.276 e. The highest BCUT2D eigenvalue weighted by Crippen LogP contribution is 2.29. The largest absolute Gasteiger partial charge is 0.483 e. The van der Waals surface area contributed by atoms with Crippen molar-refractivity contribution in [2.45, 2.75) is 6.92 Å². The van der Waals surface area contributed by atoms with Crippen LogP contribution in [0.1, 0.15) is 16.1 Å². The minimum absolute atomic E-state index is 0.278. The lowest BCUT2D eigenvalue weighted by molar-refractivity contribution is -0.123. The number of carbonyl (C=O) groups is 2. The van der Waals surface area contributed by atoms with Gasteiger partial charge < -0.3 is 4.74 Å². The molecule has 3 aromatic carbocycles. The molecule has 1 aromatic heterocycles. The number of ether oxygens (including phenoxy) is 1. The van der Waals surface area contributed by atoms with E-state index in [1.54, 1.807) is 25.1 Å². The molecule has 0 aliphatic carbocycles. The van der Waals surface area contributed by atoms with Crippen molar-refractivity contribution in [2.24, 2.45) is 0 Å². The van der Waals surface area contributed by atoms with E-state index in [2.05, 4.69) is 15.8 Å². The molecule has 0 spiro atoms. The molecule has 160 valence electrons. The van der Waals surface area contributed by atoms with Crippen molar-refractivity contribution in [3.05, 3.63) is 95.9 Å². The van der Waals surface area contributed by atoms with Crippen LogP contribution in [0.3, 0.4) is 0 Å². The summed E-state index contributed by atoms with van der Waals surface area (Å²) in [6.07, 6.45) is 0. The van der Waals surface area contributed by atoms with Crippen molar-refractivity contribution < 1.29 is 18.7 Å². The molecule has 1 heterocycles. The summed E-state index contributed by atoms with van der Waals surface area (Å²) in [5.41, 5.74) is 7.69. The summed E-state index contributed by atoms with van der Waals surface area (Å²) in [4.78, 5) is 29.0. The van der Waals surface area contributed by atoms with Gasteiger partial charge in [-0.3, -0.25) is 25.4 Å². The zero-order valence-corrected chi connectivity index (χ0v) is 17.3. The summed E-state index contributed by atoms with van der Waals surface area (Å²) < 4.78 is 19.0. The minimum atomic E-state index is -0.528. The van der Waals surface area contributed by atoms with Gasteiger partial charge in [0.05, 0.1) is 16.8 Å². The fraction of sp³-hybridized carbons (Fsp3) is 0.0800. The number of carbonyl (C=O) groups excluding carboxylic acids is 2. The number of hydrazine groups is 1. The van der Waals surface area contributed by atoms with E-state index in [-0.39, 0.29) is 12.2 Å². The predicted octanol–water partition coefficient (Wildman–Crippen LogP) is 4.19. The quantitative estimate of drug-likeness (QED) is 0.466. The van der Waals surface area contributed by atoms with Crippen molar-refractivity contribution in [2.75, 3.05) is 6.61 Å². The van der Waals surface area contributed by atoms with E-state index in [1.165, 1.54) is 12.1 Å². The molecule has 32 heavy (non-hydrogen) atoms. The molecule has 0 saturated heterocycles. The van der Waals surface area contributed by atoms with Gasteiger partial charge >= 0.3 is 0 Å². The molecule has 4 rings (SSSR count). The third-order valence-corrected chi connectivity index (χ3v) is 4.86. The van der Waals surface area contributed by atoms with Crippen LogP contribution >= 0.6 is 0 Å². The van der Waals surface area contributed by atoms with Crippen LogP contribution in [0.5, 0.6) is 5.75 Å². The van der Waals surface area contributed by atoms with E-state index in [4.69, 9.17) is 4.74 Å². The van der Waals surface area contributed by atoms with Crippen LogP contribution in [0.4, 0.5) is 4.39 Å². The van der Waals surface area contributed by atoms with Gasteiger partial charge in [0.1, 0.15) is 11.6 Å². The minimum Gasteiger partial charge on any atom is -0.483 e. The molecule has 0 radical (unpaired) electrons. The number of fused-ring (bicyclic) bond motifs is 1. The number of benzene rings is 3. The van der Waals surface area contributed by atoms with Gasteiger partial charge in [0.2, 0.25) is 0 Å². The Morgan fingerprint density at radius 1 is 0.938 bits per heavy atom. The molecule has 2 N–H and O–H groups in total. The fourth-order valence-corrected chi connectivity index (χ4v) is 3.29. The van der Waals surface area contributed by atoms with Crippen LogP contribution < -0.4 is 15.6 Å². The van der Waals surface area contributed by atoms with E-state index in [0.29, 0.717) is 22.3 Å². The van der Waals surface area contributed by atoms with E-state index >= 15 is 0 Å². The number of nitrogens with zero attached hydrogens (tertiary/aromatic N) is 1. The molecule has 4 aromatic rings. The summed E-state index contributed by atoms with van der Waals surface area (Å²) >= 11 is 0. The SMILES string of the molecule is Cc1nc2cc(F)ccc2cc1C(=O)NNC(=O)COc1ccccc1-c1ccccc1. The molecule has 0 fully saturated rings. The topological polar surface area (TPSA) is 80.3 Å². The highest BCUT2D eigenvalue weighted by atomic mass is 19.1. The predicted molar refractivity (Wildman–Crippen MR) is 119 cm³/mol. The van der Waals surface area contributed by atoms with Crippen LogP contribution in [0.25, 0.3) is 22.0 Å². The van der Waals surface area contributed by atoms with E-state index < -0.39 is 17.6 Å². The Balaban J connectivity index is 1.38. The number of amides is 2. The Labute approximate surface area is 184 Å². The van der Waals surface area contributed by atoms with Crippen LogP contribution in [-0.2, 0) is 4.79 Å². The van der Waals surface area contributed by atoms with Gasteiger partial charge in [0.15, 0.2) is 6.61 Å². The molecular weight excluding hydrogens is 409 g/mol. The van der Waals surface area contributed by atoms with Crippen LogP contribution in [0.15, 0.2) is 78.9 Å². The molecule has 6 nitrogen and oxygen atoms in total. The first-order valence-electron chi connectivity index (χ1n) is 9.94. The second-order valence-electron chi connectivity index (χ2n) is 7.11. The third-order valence-electron chi connectivity index (χ3n) is 4.86. The number of rotatable bonds is 5. The molecule has 0 aliphatic heterocycles. The number of halogens is 1. The van der Waals surface area contributed by atoms with Crippen molar-refractivity contribution in [1.82, 2.24) is 15.8 Å². The normalized spacial score (nSPS) is 10.6. The maximum absolute atomic E-state index is 13.4. The van der Waals surface area contributed by atoms with E-state index in [1.807, 2.05) is 48.5 Å². The summed E-state index contributed by atoms with van der Waals surface area (Å²) in [5.74, 6) is -0.890. The monoisotopic (exact) mass is 429 g/mol. The lowest BCUT2D eigenvalue weighted by Gasteiger charge is -2.13. The number of pyridine rings is 1. The molecule has 0 saturated carbocycles. The van der Waals surface area contributed by atoms with Gasteiger partial charge in [-0.15, -0.1) is 0 Å². The zero-order valence-electron chi connectivity index (χ0n) is 17.3. The molecule has 0 atom stereocenters. The Bertz CT molecular complexity index is 1290. The number of aromatic nitrogens is 1. The summed E-state index contributed by atoms with van der Waals surface area (Å²) in [7, 11) is 0. The first-order valence-corrected chi connectivity index (χ1v) is 9.94. The van der Waals surface area contributed by atoms with Crippen LogP contribution in [0, 0.1) is 12.7 Å². The number of para-hydroxylation sites is 1. The highest BCUT2D eigenvalue weighted by Gasteiger charge is 2.14. The van der Waals surface area contributed by atoms with E-state index in [0.717, 1.165) is 11.1 Å². The molecule has 7 heteroatoms. The van der Waals surface area contributed by atoms with Gasteiger partial charge in [0, 0.05) is 17.0 Å². The van der Waals surface area contributed by atoms with Gasteiger partial charge in [0.25, 0.3) is 11.8 Å². The Morgan fingerprint density at radius 3 is 2.50 bits per heavy atom. The van der Waals surface area contributed by atoms with Crippen molar-refractivity contribution in [3.8, 4) is 16.9 Å². The third kappa shape index (κ3) is 4.73. The second kappa shape index (κ2) is 9.26. The molecular formula is C25H20FN3O3.